The van der Waals surface area contributed by atoms with Crippen LogP contribution in [0.15, 0.2) is 39.1 Å². The van der Waals surface area contributed by atoms with Gasteiger partial charge in [-0.3, -0.25) is 10.1 Å². The molecule has 0 bridgehead atoms. The molecule has 0 radical (unpaired) electrons. The third-order valence-electron chi connectivity index (χ3n) is 4.68. The van der Waals surface area contributed by atoms with Gasteiger partial charge in [0, 0.05) is 10.6 Å². The van der Waals surface area contributed by atoms with Crippen LogP contribution in [0.3, 0.4) is 0 Å². The van der Waals surface area contributed by atoms with Crippen molar-refractivity contribution in [3.8, 4) is 17.6 Å². The number of benzene rings is 2. The van der Waals surface area contributed by atoms with E-state index in [9.17, 15) is 17.9 Å². The standard InChI is InChI=1S/C22H20ClF2N5O5S/c1-34-21-12(9-31)6-13(23)7-19(21)36(32,33)30-18-5-4-17(24)16(20(18)25)3-2-14(26)8-28-22(27)29-15-10-35-11-15/h4-8,15,26,30-31H,9-11H2,1H3,(H2,27,29)/b26-14?,28-8-. The largest absolute Gasteiger partial charge is 0.495 e. The van der Waals surface area contributed by atoms with Crippen molar-refractivity contribution in [2.45, 2.75) is 17.5 Å². The average Bonchev–Trinajstić information content (AvgIpc) is 2.81. The van der Waals surface area contributed by atoms with Gasteiger partial charge in [0.15, 0.2) is 5.82 Å². The molecule has 3 rings (SSSR count). The van der Waals surface area contributed by atoms with Crippen molar-refractivity contribution in [1.29, 1.82) is 5.41 Å². The van der Waals surface area contributed by atoms with Crippen molar-refractivity contribution in [2.75, 3.05) is 25.0 Å². The Morgan fingerprint density at radius 2 is 2.14 bits per heavy atom. The first kappa shape index (κ1) is 27.0. The highest BCUT2D eigenvalue weighted by atomic mass is 35.5. The molecule has 5 N–H and O–H groups in total. The summed E-state index contributed by atoms with van der Waals surface area (Å²) in [6.07, 6.45) is 0.956. The van der Waals surface area contributed by atoms with Crippen LogP contribution in [0.1, 0.15) is 11.1 Å². The Kier molecular flexibility index (Phi) is 8.59. The first-order valence-electron chi connectivity index (χ1n) is 10.1. The van der Waals surface area contributed by atoms with Gasteiger partial charge in [-0.25, -0.2) is 27.2 Å². The topological polar surface area (TPSA) is 159 Å². The Hall–Kier alpha value is -3.57. The van der Waals surface area contributed by atoms with E-state index in [-0.39, 0.29) is 28.3 Å². The van der Waals surface area contributed by atoms with Gasteiger partial charge in [-0.1, -0.05) is 17.5 Å². The van der Waals surface area contributed by atoms with E-state index < -0.39 is 50.1 Å². The van der Waals surface area contributed by atoms with Crippen LogP contribution in [0.5, 0.6) is 5.75 Å². The van der Waals surface area contributed by atoms with Crippen molar-refractivity contribution in [2.24, 2.45) is 15.7 Å². The number of anilines is 1. The maximum atomic E-state index is 15.0. The van der Waals surface area contributed by atoms with Crippen LogP contribution in [0.25, 0.3) is 0 Å². The molecule has 0 aromatic heterocycles. The van der Waals surface area contributed by atoms with E-state index in [0.29, 0.717) is 13.2 Å². The van der Waals surface area contributed by atoms with Gasteiger partial charge < -0.3 is 20.3 Å². The Morgan fingerprint density at radius 3 is 2.75 bits per heavy atom. The lowest BCUT2D eigenvalue weighted by molar-refractivity contribution is 0.0132. The molecule has 0 spiro atoms. The number of nitrogens with two attached hydrogens (primary N) is 1. The van der Waals surface area contributed by atoms with Crippen LogP contribution < -0.4 is 15.2 Å². The zero-order valence-corrected chi connectivity index (χ0v) is 20.3. The number of nitrogens with zero attached hydrogens (tertiary/aromatic N) is 2. The number of ether oxygens (including phenoxy) is 2. The maximum Gasteiger partial charge on any atom is 0.265 e. The minimum atomic E-state index is -4.50. The number of aliphatic imine (C=N–C) groups is 2. The molecule has 1 heterocycles. The molecule has 0 aliphatic carbocycles. The number of sulfonamides is 1. The second kappa shape index (κ2) is 11.4. The smallest absolute Gasteiger partial charge is 0.265 e. The summed E-state index contributed by atoms with van der Waals surface area (Å²) in [7, 11) is -3.31. The quantitative estimate of drug-likeness (QED) is 0.239. The van der Waals surface area contributed by atoms with Gasteiger partial charge >= 0.3 is 0 Å². The average molecular weight is 540 g/mol. The Morgan fingerprint density at radius 1 is 1.42 bits per heavy atom. The number of aliphatic hydroxyl groups excluding tert-OH is 1. The molecule has 10 nitrogen and oxygen atoms in total. The number of rotatable bonds is 7. The van der Waals surface area contributed by atoms with Gasteiger partial charge in [0.25, 0.3) is 10.0 Å². The van der Waals surface area contributed by atoms with Gasteiger partial charge in [0.05, 0.1) is 44.4 Å². The molecule has 2 aromatic carbocycles. The summed E-state index contributed by atoms with van der Waals surface area (Å²) >= 11 is 5.94. The van der Waals surface area contributed by atoms with Crippen molar-refractivity contribution >= 4 is 45.2 Å². The summed E-state index contributed by atoms with van der Waals surface area (Å²) in [4.78, 5) is 7.28. The maximum absolute atomic E-state index is 15.0. The molecule has 0 saturated carbocycles. The summed E-state index contributed by atoms with van der Waals surface area (Å²) in [6.45, 7) is 0.260. The summed E-state index contributed by atoms with van der Waals surface area (Å²) in [5.74, 6) is 1.66. The minimum Gasteiger partial charge on any atom is -0.495 e. The predicted octanol–water partition coefficient (Wildman–Crippen LogP) is 2.08. The van der Waals surface area contributed by atoms with E-state index in [1.807, 2.05) is 4.72 Å². The number of methoxy groups -OCH3 is 1. The Balaban J connectivity index is 1.88. The lowest BCUT2D eigenvalue weighted by Crippen LogP contribution is -2.33. The summed E-state index contributed by atoms with van der Waals surface area (Å²) in [6, 6.07) is 3.93. The van der Waals surface area contributed by atoms with Crippen LogP contribution in [0.4, 0.5) is 14.5 Å². The first-order chi connectivity index (χ1) is 17.1. The van der Waals surface area contributed by atoms with Crippen molar-refractivity contribution < 1.29 is 31.8 Å². The molecule has 190 valence electrons. The number of aliphatic hydroxyl groups is 1. The summed E-state index contributed by atoms with van der Waals surface area (Å²) in [5, 5.41) is 17.2. The number of halogens is 3. The van der Waals surface area contributed by atoms with Crippen LogP contribution in [0, 0.1) is 28.9 Å². The summed E-state index contributed by atoms with van der Waals surface area (Å²) < 4.78 is 67.2. The van der Waals surface area contributed by atoms with Crippen molar-refractivity contribution in [3.63, 3.8) is 0 Å². The second-order valence-electron chi connectivity index (χ2n) is 7.24. The predicted molar refractivity (Wildman–Crippen MR) is 130 cm³/mol. The molecule has 1 aliphatic rings. The zero-order chi connectivity index (χ0) is 26.5. The Bertz CT molecular complexity index is 1420. The monoisotopic (exact) mass is 539 g/mol. The lowest BCUT2D eigenvalue weighted by Gasteiger charge is -2.21. The zero-order valence-electron chi connectivity index (χ0n) is 18.7. The lowest BCUT2D eigenvalue weighted by atomic mass is 10.1. The fourth-order valence-corrected chi connectivity index (χ4v) is 4.53. The van der Waals surface area contributed by atoms with Gasteiger partial charge in [0.1, 0.15) is 28.2 Å². The fourth-order valence-electron chi connectivity index (χ4n) is 2.93. The molecule has 0 atom stereocenters. The minimum absolute atomic E-state index is 0.0155. The molecule has 1 fully saturated rings. The summed E-state index contributed by atoms with van der Waals surface area (Å²) in [5.41, 5.74) is 3.86. The van der Waals surface area contributed by atoms with Gasteiger partial charge in [0.2, 0.25) is 5.96 Å². The SMILES string of the molecule is COc1c(CO)cc(Cl)cc1S(=O)(=O)Nc1ccc(F)c(C#CC(=N)/C=N\C(N)=NC2COC2)c1F. The number of hydrogen-bond acceptors (Lipinski definition) is 7. The molecule has 2 aromatic rings. The highest BCUT2D eigenvalue weighted by molar-refractivity contribution is 7.92. The van der Waals surface area contributed by atoms with E-state index in [2.05, 4.69) is 21.8 Å². The fraction of sp³-hybridized carbons (Fsp3) is 0.227. The van der Waals surface area contributed by atoms with Crippen LogP contribution >= 0.6 is 11.6 Å². The number of guanidine groups is 1. The first-order valence-corrected chi connectivity index (χ1v) is 12.0. The van der Waals surface area contributed by atoms with Crippen LogP contribution in [-0.2, 0) is 21.4 Å². The van der Waals surface area contributed by atoms with Crippen molar-refractivity contribution in [3.05, 3.63) is 52.0 Å². The second-order valence-corrected chi connectivity index (χ2v) is 9.33. The third-order valence-corrected chi connectivity index (χ3v) is 6.27. The highest BCUT2D eigenvalue weighted by Crippen LogP contribution is 2.33. The van der Waals surface area contributed by atoms with Gasteiger partial charge in [-0.2, -0.15) is 0 Å². The normalized spacial score (nSPS) is 14.2. The Labute approximate surface area is 210 Å². The van der Waals surface area contributed by atoms with E-state index in [1.165, 1.54) is 13.2 Å². The molecule has 1 saturated heterocycles. The molecule has 36 heavy (non-hydrogen) atoms. The van der Waals surface area contributed by atoms with Crippen LogP contribution in [-0.4, -0.2) is 57.8 Å². The van der Waals surface area contributed by atoms with Crippen LogP contribution in [0.2, 0.25) is 5.02 Å². The molecule has 0 amide bonds. The molecular formula is C22H20ClF2N5O5S. The molecular weight excluding hydrogens is 520 g/mol. The van der Waals surface area contributed by atoms with Gasteiger partial charge in [-0.15, -0.1) is 0 Å². The highest BCUT2D eigenvalue weighted by Gasteiger charge is 2.25. The molecule has 14 heteroatoms. The number of nitrogens with one attached hydrogen (secondary N) is 2. The van der Waals surface area contributed by atoms with Crippen molar-refractivity contribution in [1.82, 2.24) is 0 Å². The molecule has 0 unspecified atom stereocenters. The van der Waals surface area contributed by atoms with E-state index in [1.54, 1.807) is 0 Å². The third kappa shape index (κ3) is 6.35. The van der Waals surface area contributed by atoms with Gasteiger partial charge in [-0.05, 0) is 30.2 Å². The number of hydrogen-bond donors (Lipinski definition) is 4. The molecule has 1 aliphatic heterocycles. The van der Waals surface area contributed by atoms with E-state index in [0.717, 1.165) is 24.4 Å². The van der Waals surface area contributed by atoms with E-state index in [4.69, 9.17) is 32.2 Å². The van der Waals surface area contributed by atoms with E-state index >= 15 is 4.39 Å².